The van der Waals surface area contributed by atoms with Gasteiger partial charge in [0.25, 0.3) is 0 Å². The molecule has 0 amide bonds. The van der Waals surface area contributed by atoms with E-state index in [4.69, 9.17) is 15.9 Å². The molecule has 0 spiro atoms. The van der Waals surface area contributed by atoms with Crippen LogP contribution in [0.5, 0.6) is 5.75 Å². The maximum atomic E-state index is 12.7. The number of halogens is 4. The van der Waals surface area contributed by atoms with Crippen LogP contribution in [0.15, 0.2) is 18.2 Å². The summed E-state index contributed by atoms with van der Waals surface area (Å²) in [4.78, 5) is 0. The predicted octanol–water partition coefficient (Wildman–Crippen LogP) is 2.73. The third-order valence-electron chi connectivity index (χ3n) is 2.13. The summed E-state index contributed by atoms with van der Waals surface area (Å²) >= 11 is 0. The van der Waals surface area contributed by atoms with Crippen molar-refractivity contribution in [1.29, 1.82) is 5.41 Å². The zero-order valence-electron chi connectivity index (χ0n) is 9.35. The van der Waals surface area contributed by atoms with Crippen LogP contribution in [0.3, 0.4) is 0 Å². The van der Waals surface area contributed by atoms with Crippen molar-refractivity contribution in [3.05, 3.63) is 29.3 Å². The maximum Gasteiger partial charge on any atom is 0.419 e. The summed E-state index contributed by atoms with van der Waals surface area (Å²) in [5.74, 6) is -0.850. The van der Waals surface area contributed by atoms with Gasteiger partial charge in [0.2, 0.25) is 0 Å². The molecular formula is C11H12F4N2O. The van der Waals surface area contributed by atoms with Gasteiger partial charge in [0.15, 0.2) is 0 Å². The first-order chi connectivity index (χ1) is 8.36. The number of benzene rings is 1. The number of alkyl halides is 4. The first-order valence-electron chi connectivity index (χ1n) is 5.10. The van der Waals surface area contributed by atoms with Gasteiger partial charge in [-0.3, -0.25) is 9.80 Å². The average Bonchev–Trinajstić information content (AvgIpc) is 2.28. The number of nitrogens with one attached hydrogen (secondary N) is 1. The molecule has 0 aliphatic carbocycles. The highest BCUT2D eigenvalue weighted by molar-refractivity contribution is 5.95. The maximum absolute atomic E-state index is 12.7. The van der Waals surface area contributed by atoms with Crippen molar-refractivity contribution >= 4 is 5.84 Å². The Hall–Kier alpha value is -1.79. The van der Waals surface area contributed by atoms with Gasteiger partial charge in [0.05, 0.1) is 18.8 Å². The van der Waals surface area contributed by atoms with Crippen LogP contribution in [0.1, 0.15) is 17.5 Å². The molecule has 0 fully saturated rings. The molecular weight excluding hydrogens is 252 g/mol. The molecule has 0 heterocycles. The summed E-state index contributed by atoms with van der Waals surface area (Å²) in [6.45, 7) is -0.800. The molecule has 7 heteroatoms. The van der Waals surface area contributed by atoms with Gasteiger partial charge in [0, 0.05) is 12.0 Å². The summed E-state index contributed by atoms with van der Waals surface area (Å²) in [6, 6.07) is 3.08. The predicted molar refractivity (Wildman–Crippen MR) is 58.5 cm³/mol. The fourth-order valence-electron chi connectivity index (χ4n) is 1.28. The molecule has 0 aliphatic rings. The average molecular weight is 264 g/mol. The fourth-order valence-corrected chi connectivity index (χ4v) is 1.28. The second kappa shape index (κ2) is 5.70. The van der Waals surface area contributed by atoms with E-state index in [1.807, 2.05) is 0 Å². The van der Waals surface area contributed by atoms with Gasteiger partial charge >= 0.3 is 6.18 Å². The first-order valence-corrected chi connectivity index (χ1v) is 5.10. The van der Waals surface area contributed by atoms with Gasteiger partial charge in [0.1, 0.15) is 11.6 Å². The van der Waals surface area contributed by atoms with Crippen LogP contribution < -0.4 is 10.5 Å². The van der Waals surface area contributed by atoms with E-state index >= 15 is 0 Å². The van der Waals surface area contributed by atoms with Crippen LogP contribution in [0.4, 0.5) is 17.6 Å². The number of hydrogen-bond donors (Lipinski definition) is 2. The molecule has 1 aromatic rings. The van der Waals surface area contributed by atoms with Gasteiger partial charge in [-0.05, 0) is 18.2 Å². The van der Waals surface area contributed by atoms with Crippen molar-refractivity contribution in [2.24, 2.45) is 5.73 Å². The monoisotopic (exact) mass is 264 g/mol. The van der Waals surface area contributed by atoms with Gasteiger partial charge < -0.3 is 10.5 Å². The highest BCUT2D eigenvalue weighted by Gasteiger charge is 2.34. The Balaban J connectivity index is 3.05. The zero-order valence-corrected chi connectivity index (χ0v) is 9.35. The minimum absolute atomic E-state index is 0.0196. The number of nitrogen functional groups attached to an aromatic ring is 1. The molecule has 0 radical (unpaired) electrons. The van der Waals surface area contributed by atoms with Crippen molar-refractivity contribution in [3.63, 3.8) is 0 Å². The Kier molecular flexibility index (Phi) is 4.52. The number of rotatable bonds is 5. The molecule has 0 aliphatic heterocycles. The van der Waals surface area contributed by atoms with Crippen LogP contribution >= 0.6 is 0 Å². The van der Waals surface area contributed by atoms with Crippen molar-refractivity contribution in [2.45, 2.75) is 12.6 Å². The molecule has 0 saturated carbocycles. The normalized spacial score (nSPS) is 11.3. The van der Waals surface area contributed by atoms with E-state index in [0.29, 0.717) is 0 Å². The van der Waals surface area contributed by atoms with Crippen molar-refractivity contribution in [2.75, 3.05) is 13.3 Å². The molecule has 1 aromatic carbocycles. The van der Waals surface area contributed by atoms with Crippen LogP contribution in [0.2, 0.25) is 0 Å². The number of nitrogens with two attached hydrogens (primary N) is 1. The quantitative estimate of drug-likeness (QED) is 0.372. The zero-order chi connectivity index (χ0) is 13.8. The van der Waals surface area contributed by atoms with E-state index in [0.717, 1.165) is 12.1 Å². The van der Waals surface area contributed by atoms with Gasteiger partial charge in [-0.1, -0.05) is 0 Å². The van der Waals surface area contributed by atoms with Gasteiger partial charge in [-0.2, -0.15) is 13.2 Å². The Labute approximate surface area is 101 Å². The van der Waals surface area contributed by atoms with E-state index in [2.05, 4.69) is 0 Å². The largest absolute Gasteiger partial charge is 0.493 e. The van der Waals surface area contributed by atoms with Crippen molar-refractivity contribution in [1.82, 2.24) is 0 Å². The Morgan fingerprint density at radius 2 is 2.00 bits per heavy atom. The molecule has 0 unspecified atom stereocenters. The minimum atomic E-state index is -4.61. The van der Waals surface area contributed by atoms with E-state index < -0.39 is 24.2 Å². The SMILES string of the molecule is N=C(N)c1ccc(OCCCF)c(C(F)(F)F)c1. The van der Waals surface area contributed by atoms with Crippen LogP contribution in [-0.2, 0) is 6.18 Å². The molecule has 3 N–H and O–H groups in total. The van der Waals surface area contributed by atoms with Crippen LogP contribution in [0.25, 0.3) is 0 Å². The molecule has 18 heavy (non-hydrogen) atoms. The third-order valence-corrected chi connectivity index (χ3v) is 2.13. The third kappa shape index (κ3) is 3.61. The lowest BCUT2D eigenvalue weighted by Crippen LogP contribution is -2.15. The molecule has 1 rings (SSSR count). The Morgan fingerprint density at radius 3 is 2.50 bits per heavy atom. The molecule has 0 aromatic heterocycles. The Morgan fingerprint density at radius 1 is 1.33 bits per heavy atom. The highest BCUT2D eigenvalue weighted by atomic mass is 19.4. The van der Waals surface area contributed by atoms with E-state index in [1.165, 1.54) is 6.07 Å². The molecule has 0 saturated heterocycles. The molecule has 100 valence electrons. The van der Waals surface area contributed by atoms with Gasteiger partial charge in [-0.25, -0.2) is 0 Å². The Bertz CT molecular complexity index is 432. The lowest BCUT2D eigenvalue weighted by molar-refractivity contribution is -0.139. The van der Waals surface area contributed by atoms with Gasteiger partial charge in [-0.15, -0.1) is 0 Å². The summed E-state index contributed by atoms with van der Waals surface area (Å²) in [5, 5.41) is 7.09. The highest BCUT2D eigenvalue weighted by Crippen LogP contribution is 2.36. The van der Waals surface area contributed by atoms with Crippen LogP contribution in [0, 0.1) is 5.41 Å². The summed E-state index contributed by atoms with van der Waals surface area (Å²) < 4.78 is 54.9. The van der Waals surface area contributed by atoms with E-state index in [9.17, 15) is 17.6 Å². The summed E-state index contributed by atoms with van der Waals surface area (Å²) in [6.07, 6.45) is -4.59. The number of amidine groups is 1. The number of ether oxygens (including phenoxy) is 1. The molecule has 0 atom stereocenters. The lowest BCUT2D eigenvalue weighted by Gasteiger charge is -2.14. The number of hydrogen-bond acceptors (Lipinski definition) is 2. The first kappa shape index (κ1) is 14.3. The minimum Gasteiger partial charge on any atom is -0.493 e. The van der Waals surface area contributed by atoms with Crippen molar-refractivity contribution < 1.29 is 22.3 Å². The summed E-state index contributed by atoms with van der Waals surface area (Å²) in [5.41, 5.74) is 4.06. The second-order valence-electron chi connectivity index (χ2n) is 3.51. The topological polar surface area (TPSA) is 59.1 Å². The van der Waals surface area contributed by atoms with E-state index in [-0.39, 0.29) is 24.3 Å². The second-order valence-corrected chi connectivity index (χ2v) is 3.51. The van der Waals surface area contributed by atoms with E-state index in [1.54, 1.807) is 0 Å². The summed E-state index contributed by atoms with van der Waals surface area (Å²) in [7, 11) is 0. The standard InChI is InChI=1S/C11H12F4N2O/c12-4-1-5-18-9-3-2-7(10(16)17)6-8(9)11(13,14)15/h2-3,6H,1,4-5H2,(H3,16,17). The lowest BCUT2D eigenvalue weighted by atomic mass is 10.1. The molecule has 3 nitrogen and oxygen atoms in total. The van der Waals surface area contributed by atoms with Crippen molar-refractivity contribution in [3.8, 4) is 5.75 Å². The van der Waals surface area contributed by atoms with Crippen LogP contribution in [-0.4, -0.2) is 19.1 Å². The molecule has 0 bridgehead atoms. The smallest absolute Gasteiger partial charge is 0.419 e. The fraction of sp³-hybridized carbons (Fsp3) is 0.364.